The molecule has 4 nitrogen and oxygen atoms in total. The van der Waals surface area contributed by atoms with E-state index in [2.05, 4.69) is 45.5 Å². The largest absolute Gasteiger partial charge is 0.383 e. The topological polar surface area (TPSA) is 39.1 Å². The summed E-state index contributed by atoms with van der Waals surface area (Å²) in [5.74, 6) is 0.926. The number of ether oxygens (including phenoxy) is 1. The molecule has 0 aromatic carbocycles. The zero-order chi connectivity index (χ0) is 13.7. The van der Waals surface area contributed by atoms with E-state index in [1.165, 1.54) is 4.88 Å². The SMILES string of the molecule is CCC(Nc1nc(C)cn1CCOC)c1cccs1. The third kappa shape index (κ3) is 3.58. The Bertz CT molecular complexity index is 493. The first kappa shape index (κ1) is 14.1. The van der Waals surface area contributed by atoms with Crippen molar-refractivity contribution in [1.29, 1.82) is 0 Å². The van der Waals surface area contributed by atoms with Crippen LogP contribution in [0.1, 0.15) is 30.0 Å². The lowest BCUT2D eigenvalue weighted by molar-refractivity contribution is 0.187. The monoisotopic (exact) mass is 279 g/mol. The first-order valence-corrected chi connectivity index (χ1v) is 7.45. The Kier molecular flexibility index (Phi) is 4.99. The molecule has 1 unspecified atom stereocenters. The molecule has 0 aliphatic heterocycles. The second-order valence-corrected chi connectivity index (χ2v) is 5.49. The Balaban J connectivity index is 2.12. The van der Waals surface area contributed by atoms with Gasteiger partial charge in [0.15, 0.2) is 0 Å². The van der Waals surface area contributed by atoms with Crippen LogP contribution in [-0.4, -0.2) is 23.3 Å². The Morgan fingerprint density at radius 2 is 2.37 bits per heavy atom. The second-order valence-electron chi connectivity index (χ2n) is 4.51. The van der Waals surface area contributed by atoms with Crippen LogP contribution in [0.3, 0.4) is 0 Å². The number of aryl methyl sites for hydroxylation is 1. The molecule has 0 aliphatic carbocycles. The van der Waals surface area contributed by atoms with Gasteiger partial charge in [0, 0.05) is 24.7 Å². The molecular formula is C14H21N3OS. The number of nitrogens with one attached hydrogen (secondary N) is 1. The Morgan fingerprint density at radius 1 is 1.53 bits per heavy atom. The molecule has 0 fully saturated rings. The normalized spacial score (nSPS) is 12.6. The molecule has 19 heavy (non-hydrogen) atoms. The van der Waals surface area contributed by atoms with Gasteiger partial charge in [0.05, 0.1) is 18.3 Å². The van der Waals surface area contributed by atoms with Crippen molar-refractivity contribution in [1.82, 2.24) is 9.55 Å². The van der Waals surface area contributed by atoms with Crippen molar-refractivity contribution in [2.45, 2.75) is 32.9 Å². The summed E-state index contributed by atoms with van der Waals surface area (Å²) in [4.78, 5) is 5.91. The molecule has 0 aliphatic rings. The van der Waals surface area contributed by atoms with Gasteiger partial charge in [-0.05, 0) is 24.8 Å². The molecule has 1 atom stereocenters. The average molecular weight is 279 g/mol. The first-order chi connectivity index (χ1) is 9.24. The molecule has 2 aromatic rings. The molecule has 0 saturated carbocycles. The minimum absolute atomic E-state index is 0.322. The van der Waals surface area contributed by atoms with Crippen LogP contribution in [0.25, 0.3) is 0 Å². The molecular weight excluding hydrogens is 258 g/mol. The molecule has 0 bridgehead atoms. The zero-order valence-corrected chi connectivity index (χ0v) is 12.5. The highest BCUT2D eigenvalue weighted by atomic mass is 32.1. The Morgan fingerprint density at radius 3 is 3.00 bits per heavy atom. The predicted molar refractivity (Wildman–Crippen MR) is 79.8 cm³/mol. The van der Waals surface area contributed by atoms with Crippen molar-refractivity contribution in [2.75, 3.05) is 19.0 Å². The third-order valence-corrected chi connectivity index (χ3v) is 4.02. The van der Waals surface area contributed by atoms with Crippen LogP contribution in [-0.2, 0) is 11.3 Å². The fraction of sp³-hybridized carbons (Fsp3) is 0.500. The molecule has 2 heterocycles. The predicted octanol–water partition coefficient (Wildman–Crippen LogP) is 3.46. The van der Waals surface area contributed by atoms with E-state index in [-0.39, 0.29) is 0 Å². The van der Waals surface area contributed by atoms with E-state index in [1.54, 1.807) is 18.4 Å². The third-order valence-electron chi connectivity index (χ3n) is 3.03. The van der Waals surface area contributed by atoms with E-state index < -0.39 is 0 Å². The van der Waals surface area contributed by atoms with Gasteiger partial charge in [-0.1, -0.05) is 13.0 Å². The average Bonchev–Trinajstić information content (AvgIpc) is 3.03. The van der Waals surface area contributed by atoms with Gasteiger partial charge in [0.2, 0.25) is 5.95 Å². The molecule has 5 heteroatoms. The summed E-state index contributed by atoms with van der Waals surface area (Å²) < 4.78 is 7.26. The van der Waals surface area contributed by atoms with Crippen molar-refractivity contribution in [3.05, 3.63) is 34.3 Å². The summed E-state index contributed by atoms with van der Waals surface area (Å²) in [6, 6.07) is 4.58. The van der Waals surface area contributed by atoms with Crippen molar-refractivity contribution in [3.8, 4) is 0 Å². The van der Waals surface area contributed by atoms with Crippen LogP contribution in [0, 0.1) is 6.92 Å². The molecule has 0 amide bonds. The van der Waals surface area contributed by atoms with Crippen LogP contribution >= 0.6 is 11.3 Å². The maximum Gasteiger partial charge on any atom is 0.203 e. The maximum absolute atomic E-state index is 5.14. The molecule has 104 valence electrons. The second kappa shape index (κ2) is 6.73. The fourth-order valence-electron chi connectivity index (χ4n) is 2.04. The van der Waals surface area contributed by atoms with Crippen LogP contribution in [0.4, 0.5) is 5.95 Å². The number of thiophene rings is 1. The zero-order valence-electron chi connectivity index (χ0n) is 11.7. The lowest BCUT2D eigenvalue weighted by Crippen LogP contribution is -2.14. The van der Waals surface area contributed by atoms with Crippen molar-refractivity contribution < 1.29 is 4.74 Å². The number of hydrogen-bond acceptors (Lipinski definition) is 4. The lowest BCUT2D eigenvalue weighted by atomic mass is 10.2. The van der Waals surface area contributed by atoms with Crippen molar-refractivity contribution >= 4 is 17.3 Å². The van der Waals surface area contributed by atoms with Gasteiger partial charge in [0.25, 0.3) is 0 Å². The van der Waals surface area contributed by atoms with Gasteiger partial charge in [0.1, 0.15) is 0 Å². The molecule has 0 radical (unpaired) electrons. The summed E-state index contributed by atoms with van der Waals surface area (Å²) in [7, 11) is 1.72. The van der Waals surface area contributed by atoms with Crippen molar-refractivity contribution in [2.24, 2.45) is 0 Å². The van der Waals surface area contributed by atoms with Crippen molar-refractivity contribution in [3.63, 3.8) is 0 Å². The minimum atomic E-state index is 0.322. The number of anilines is 1. The van der Waals surface area contributed by atoms with Crippen LogP contribution in [0.2, 0.25) is 0 Å². The fourth-order valence-corrected chi connectivity index (χ4v) is 2.90. The summed E-state index contributed by atoms with van der Waals surface area (Å²) in [6.45, 7) is 5.72. The van der Waals surface area contributed by atoms with Gasteiger partial charge in [-0.25, -0.2) is 4.98 Å². The summed E-state index contributed by atoms with van der Waals surface area (Å²) in [5.41, 5.74) is 1.03. The number of rotatable bonds is 7. The number of nitrogens with zero attached hydrogens (tertiary/aromatic N) is 2. The van der Waals surface area contributed by atoms with Gasteiger partial charge in [-0.3, -0.25) is 0 Å². The highest BCUT2D eigenvalue weighted by Crippen LogP contribution is 2.25. The van der Waals surface area contributed by atoms with Gasteiger partial charge in [-0.2, -0.15) is 0 Å². The van der Waals surface area contributed by atoms with Crippen LogP contribution in [0.5, 0.6) is 0 Å². The molecule has 0 spiro atoms. The van der Waals surface area contributed by atoms with E-state index in [1.807, 2.05) is 6.92 Å². The number of aromatic nitrogens is 2. The van der Waals surface area contributed by atoms with Crippen LogP contribution in [0.15, 0.2) is 23.7 Å². The molecule has 2 rings (SSSR count). The molecule has 1 N–H and O–H groups in total. The Hall–Kier alpha value is -1.33. The lowest BCUT2D eigenvalue weighted by Gasteiger charge is -2.17. The van der Waals surface area contributed by atoms with E-state index in [0.29, 0.717) is 12.6 Å². The van der Waals surface area contributed by atoms with Gasteiger partial charge in [-0.15, -0.1) is 11.3 Å². The molecule has 2 aromatic heterocycles. The standard InChI is InChI=1S/C14H21N3OS/c1-4-12(13-6-5-9-19-13)16-14-15-11(2)10-17(14)7-8-18-3/h5-6,9-10,12H,4,7-8H2,1-3H3,(H,15,16). The van der Waals surface area contributed by atoms with E-state index >= 15 is 0 Å². The minimum Gasteiger partial charge on any atom is -0.383 e. The Labute approximate surface area is 118 Å². The summed E-state index contributed by atoms with van der Waals surface area (Å²) >= 11 is 1.78. The number of hydrogen-bond donors (Lipinski definition) is 1. The van der Waals surface area contributed by atoms with E-state index in [9.17, 15) is 0 Å². The summed E-state index contributed by atoms with van der Waals surface area (Å²) in [6.07, 6.45) is 3.10. The van der Waals surface area contributed by atoms with Crippen LogP contribution < -0.4 is 5.32 Å². The quantitative estimate of drug-likeness (QED) is 0.843. The van der Waals surface area contributed by atoms with Gasteiger partial charge >= 0.3 is 0 Å². The maximum atomic E-state index is 5.14. The highest BCUT2D eigenvalue weighted by Gasteiger charge is 2.13. The first-order valence-electron chi connectivity index (χ1n) is 6.57. The molecule has 0 saturated heterocycles. The summed E-state index contributed by atoms with van der Waals surface area (Å²) in [5, 5.41) is 5.65. The van der Waals surface area contributed by atoms with E-state index in [0.717, 1.165) is 24.6 Å². The number of imidazole rings is 1. The van der Waals surface area contributed by atoms with E-state index in [4.69, 9.17) is 4.74 Å². The highest BCUT2D eigenvalue weighted by molar-refractivity contribution is 7.10. The van der Waals surface area contributed by atoms with Gasteiger partial charge < -0.3 is 14.6 Å². The smallest absolute Gasteiger partial charge is 0.203 e. The number of methoxy groups -OCH3 is 1.